The minimum atomic E-state index is -4.72. The van der Waals surface area contributed by atoms with Crippen molar-refractivity contribution >= 4 is 23.8 Å². The normalized spacial score (nSPS) is 18.6. The fourth-order valence-electron chi connectivity index (χ4n) is 4.63. The molecule has 0 saturated carbocycles. The average Bonchev–Trinajstić information content (AvgIpc) is 3.15. The molecular formula is C29H29F3N2O6U. The fraction of sp³-hybridized carbons (Fsp3) is 0.414. The Kier molecular flexibility index (Phi) is 11.0. The number of halogens is 3. The molecule has 2 aromatic rings. The Hall–Kier alpha value is -2.97. The number of alkyl halides is 3. The van der Waals surface area contributed by atoms with Gasteiger partial charge in [-0.15, -0.1) is 23.8 Å². The number of amides is 3. The molecule has 12 heteroatoms. The summed E-state index contributed by atoms with van der Waals surface area (Å²) in [6.45, 7) is 4.75. The van der Waals surface area contributed by atoms with E-state index in [1.54, 1.807) is 25.1 Å². The van der Waals surface area contributed by atoms with Crippen LogP contribution in [-0.4, -0.2) is 55.7 Å². The molecule has 1 atom stereocenters. The van der Waals surface area contributed by atoms with Gasteiger partial charge < -0.3 is 24.3 Å². The molecule has 0 spiro atoms. The maximum atomic E-state index is 13.3. The smallest absolute Gasteiger partial charge is 0.537 e. The molecule has 216 valence electrons. The molecule has 3 amide bonds. The Bertz CT molecular complexity index is 1320. The molecule has 41 heavy (non-hydrogen) atoms. The first-order valence-corrected chi connectivity index (χ1v) is 13.0. The van der Waals surface area contributed by atoms with E-state index in [0.717, 1.165) is 4.90 Å². The first-order valence-electron chi connectivity index (χ1n) is 13.0. The molecule has 1 N–H and O–H groups in total. The molecule has 1 unspecified atom stereocenters. The number of fused-ring (bicyclic) bond motifs is 1. The topological polar surface area (TPSA) is 94.2 Å². The number of unbranched alkanes of at least 4 members (excludes halogenated alkanes) is 1. The second kappa shape index (κ2) is 13.8. The van der Waals surface area contributed by atoms with Gasteiger partial charge in [0, 0.05) is 12.3 Å². The minimum absolute atomic E-state index is 0. The van der Waals surface area contributed by atoms with Crippen LogP contribution in [0, 0.1) is 37.2 Å². The zero-order valence-corrected chi connectivity index (χ0v) is 26.8. The van der Waals surface area contributed by atoms with Gasteiger partial charge in [0.15, 0.2) is 11.5 Å². The molecular weight excluding hydrogens is 767 g/mol. The van der Waals surface area contributed by atoms with E-state index in [0.29, 0.717) is 73.3 Å². The zero-order chi connectivity index (χ0) is 28.9. The number of nitrogens with one attached hydrogen (secondary N) is 1. The fourth-order valence-corrected chi connectivity index (χ4v) is 4.63. The Morgan fingerprint density at radius 2 is 1.90 bits per heavy atom. The number of ether oxygens (including phenoxy) is 3. The van der Waals surface area contributed by atoms with Crippen LogP contribution in [0.15, 0.2) is 36.4 Å². The molecule has 2 aromatic carbocycles. The van der Waals surface area contributed by atoms with Gasteiger partial charge in [0.1, 0.15) is 18.8 Å². The summed E-state index contributed by atoms with van der Waals surface area (Å²) in [5, 5.41) is 2.77. The Labute approximate surface area is 260 Å². The number of imide groups is 1. The maximum absolute atomic E-state index is 13.3. The van der Waals surface area contributed by atoms with Crippen LogP contribution in [0.2, 0.25) is 0 Å². The number of hydrogen-bond acceptors (Lipinski definition) is 6. The molecule has 0 bridgehead atoms. The Morgan fingerprint density at radius 1 is 1.17 bits per heavy atom. The van der Waals surface area contributed by atoms with Crippen LogP contribution in [0.1, 0.15) is 49.8 Å². The van der Waals surface area contributed by atoms with Gasteiger partial charge in [-0.1, -0.05) is 25.0 Å². The van der Waals surface area contributed by atoms with Crippen molar-refractivity contribution in [3.63, 3.8) is 0 Å². The standard InChI is InChI=1S/C29H29F3N2O6.U/c1-3-6-20-17-19(22(11-13-35)29(30,31)32)7-9-23(20)38-14-5-4-12-34-26(36)28(2,33-27(34)37)21-8-10-24-25(18-21)40-16-15-39-24;/h7-11,18H,3-6,12,14-16H2,1-2H3,(H,33,37);/q-2;+2. The third-order valence-corrected chi connectivity index (χ3v) is 6.71. The van der Waals surface area contributed by atoms with Crippen LogP contribution >= 0.6 is 0 Å². The van der Waals surface area contributed by atoms with Gasteiger partial charge in [-0.2, -0.15) is 24.8 Å². The number of benzene rings is 2. The zero-order valence-electron chi connectivity index (χ0n) is 22.7. The average molecular weight is 797 g/mol. The minimum Gasteiger partial charge on any atom is -0.537 e. The predicted molar refractivity (Wildman–Crippen MR) is 139 cm³/mol. The van der Waals surface area contributed by atoms with Gasteiger partial charge in [0.2, 0.25) is 0 Å². The summed E-state index contributed by atoms with van der Waals surface area (Å²) in [5.74, 6) is 1.11. The van der Waals surface area contributed by atoms with Gasteiger partial charge in [0.25, 0.3) is 5.91 Å². The third kappa shape index (κ3) is 7.28. The second-order valence-electron chi connectivity index (χ2n) is 9.56. The van der Waals surface area contributed by atoms with Crippen molar-refractivity contribution in [2.75, 3.05) is 26.4 Å². The summed E-state index contributed by atoms with van der Waals surface area (Å²) in [5.41, 5.74) is -1.58. The number of urea groups is 1. The van der Waals surface area contributed by atoms with Crippen LogP contribution in [0.5, 0.6) is 17.2 Å². The number of carbonyl (C=O) groups excluding carboxylic acids is 3. The number of nitrogens with zero attached hydrogens (tertiary/aromatic N) is 1. The largest absolute Gasteiger partial charge is 2.00 e. The van der Waals surface area contributed by atoms with E-state index in [-0.39, 0.29) is 55.7 Å². The van der Waals surface area contributed by atoms with Crippen LogP contribution in [0.4, 0.5) is 18.0 Å². The summed E-state index contributed by atoms with van der Waals surface area (Å²) >= 11 is 0. The number of aryl methyl sites for hydroxylation is 1. The van der Waals surface area contributed by atoms with Crippen LogP contribution in [0.25, 0.3) is 5.57 Å². The van der Waals surface area contributed by atoms with Gasteiger partial charge in [-0.05, 0) is 50.2 Å². The van der Waals surface area contributed by atoms with E-state index < -0.39 is 23.3 Å². The van der Waals surface area contributed by atoms with E-state index >= 15 is 0 Å². The van der Waals surface area contributed by atoms with Crippen LogP contribution in [0.3, 0.4) is 0 Å². The van der Waals surface area contributed by atoms with Crippen LogP contribution < -0.4 is 19.5 Å². The molecule has 4 rings (SSSR count). The third-order valence-electron chi connectivity index (χ3n) is 6.71. The van der Waals surface area contributed by atoms with E-state index in [4.69, 9.17) is 14.2 Å². The Balaban J connectivity index is 0.00000462. The molecule has 2 aliphatic heterocycles. The summed E-state index contributed by atoms with van der Waals surface area (Å²) < 4.78 is 56.9. The van der Waals surface area contributed by atoms with Crippen molar-refractivity contribution in [2.24, 2.45) is 0 Å². The SMILES string of the molecule is CCCc1[c-]c(C(=C[C-]=O)C(F)(F)F)ccc1OCCCCN1C(=O)NC(C)(c2ccc3c(c2)OCCO3)C1=O.[U+2]. The molecule has 2 heterocycles. The number of hydrogen-bond donors (Lipinski definition) is 1. The first kappa shape index (κ1) is 32.5. The predicted octanol–water partition coefficient (Wildman–Crippen LogP) is 4.89. The van der Waals surface area contributed by atoms with Crippen molar-refractivity contribution in [3.8, 4) is 17.2 Å². The van der Waals surface area contributed by atoms with E-state index in [2.05, 4.69) is 11.4 Å². The first-order chi connectivity index (χ1) is 19.1. The van der Waals surface area contributed by atoms with Crippen molar-refractivity contribution in [1.29, 1.82) is 0 Å². The van der Waals surface area contributed by atoms with Gasteiger partial charge >= 0.3 is 43.3 Å². The number of allylic oxidation sites excluding steroid dienone is 2. The second-order valence-corrected chi connectivity index (χ2v) is 9.56. The summed E-state index contributed by atoms with van der Waals surface area (Å²) in [4.78, 5) is 37.7. The van der Waals surface area contributed by atoms with Gasteiger partial charge in [0.05, 0.1) is 6.61 Å². The Morgan fingerprint density at radius 3 is 2.59 bits per heavy atom. The molecule has 1 fully saturated rings. The monoisotopic (exact) mass is 796 g/mol. The van der Waals surface area contributed by atoms with Crippen molar-refractivity contribution < 1.29 is 72.9 Å². The molecule has 0 radical (unpaired) electrons. The van der Waals surface area contributed by atoms with E-state index in [1.165, 1.54) is 18.4 Å². The molecule has 2 aliphatic rings. The van der Waals surface area contributed by atoms with Gasteiger partial charge in [-0.25, -0.2) is 4.79 Å². The maximum Gasteiger partial charge on any atom is 2.00 e. The van der Waals surface area contributed by atoms with Crippen molar-refractivity contribution in [2.45, 2.75) is 51.2 Å². The quantitative estimate of drug-likeness (QED) is 0.151. The van der Waals surface area contributed by atoms with Gasteiger partial charge in [-0.3, -0.25) is 9.69 Å². The van der Waals surface area contributed by atoms with Crippen molar-refractivity contribution in [3.05, 3.63) is 59.2 Å². The molecule has 8 nitrogen and oxygen atoms in total. The number of rotatable bonds is 11. The van der Waals surface area contributed by atoms with E-state index in [1.807, 2.05) is 6.92 Å². The summed E-state index contributed by atoms with van der Waals surface area (Å²) in [7, 11) is 0. The summed E-state index contributed by atoms with van der Waals surface area (Å²) in [6, 6.07) is 10.0. The van der Waals surface area contributed by atoms with E-state index in [9.17, 15) is 27.6 Å². The summed E-state index contributed by atoms with van der Waals surface area (Å²) in [6.07, 6.45) is -1.15. The van der Waals surface area contributed by atoms with Crippen LogP contribution in [-0.2, 0) is 21.5 Å². The van der Waals surface area contributed by atoms with Crippen molar-refractivity contribution in [1.82, 2.24) is 10.2 Å². The molecule has 0 aromatic heterocycles. The number of carbonyl (C=O) groups is 2. The molecule has 1 saturated heterocycles. The molecule has 0 aliphatic carbocycles.